The van der Waals surface area contributed by atoms with Gasteiger partial charge in [0.1, 0.15) is 0 Å². The third-order valence-corrected chi connectivity index (χ3v) is 3.21. The van der Waals surface area contributed by atoms with Crippen LogP contribution in [0.1, 0.15) is 41.5 Å². The van der Waals surface area contributed by atoms with Crippen LogP contribution in [0.15, 0.2) is 12.2 Å². The first kappa shape index (κ1) is 11.7. The minimum absolute atomic E-state index is 0.715. The third-order valence-electron chi connectivity index (χ3n) is 3.21. The third kappa shape index (κ3) is 3.42. The average molecular weight is 168 g/mol. The molecule has 0 N–H and O–H groups in total. The Morgan fingerprint density at radius 3 is 1.67 bits per heavy atom. The molecule has 0 aliphatic carbocycles. The van der Waals surface area contributed by atoms with Crippen molar-refractivity contribution < 1.29 is 0 Å². The van der Waals surface area contributed by atoms with Crippen LogP contribution >= 0.6 is 0 Å². The van der Waals surface area contributed by atoms with Crippen LogP contribution in [0, 0.1) is 23.7 Å². The van der Waals surface area contributed by atoms with E-state index in [1.807, 2.05) is 0 Å². The maximum absolute atomic E-state index is 2.36. The lowest BCUT2D eigenvalue weighted by Gasteiger charge is -2.27. The van der Waals surface area contributed by atoms with Crippen molar-refractivity contribution in [1.29, 1.82) is 0 Å². The van der Waals surface area contributed by atoms with E-state index in [1.54, 1.807) is 0 Å². The highest BCUT2D eigenvalue weighted by Crippen LogP contribution is 2.27. The van der Waals surface area contributed by atoms with Crippen molar-refractivity contribution >= 4 is 0 Å². The molecule has 0 spiro atoms. The molecule has 0 rings (SSSR count). The predicted octanol–water partition coefficient (Wildman–Crippen LogP) is 4.13. The molecule has 3 unspecified atom stereocenters. The van der Waals surface area contributed by atoms with Gasteiger partial charge in [-0.1, -0.05) is 46.8 Å². The zero-order chi connectivity index (χ0) is 9.72. The van der Waals surface area contributed by atoms with Gasteiger partial charge in [0.05, 0.1) is 0 Å². The fraction of sp³-hybridized carbons (Fsp3) is 0.833. The van der Waals surface area contributed by atoms with Crippen molar-refractivity contribution in [2.45, 2.75) is 41.5 Å². The first-order valence-corrected chi connectivity index (χ1v) is 5.13. The average Bonchev–Trinajstić information content (AvgIpc) is 2.02. The standard InChI is InChI=1S/C12H24/c1-7-8-10(4)12(6)11(5)9(2)3/h7-12H,1-6H3/b8-7-. The van der Waals surface area contributed by atoms with E-state index >= 15 is 0 Å². The minimum atomic E-state index is 0.715. The summed E-state index contributed by atoms with van der Waals surface area (Å²) in [6.45, 7) is 13.7. The Morgan fingerprint density at radius 2 is 1.33 bits per heavy atom. The topological polar surface area (TPSA) is 0 Å². The summed E-state index contributed by atoms with van der Waals surface area (Å²) in [5.41, 5.74) is 0. The van der Waals surface area contributed by atoms with Crippen molar-refractivity contribution in [2.24, 2.45) is 23.7 Å². The molecule has 0 saturated carbocycles. The SMILES string of the molecule is C/C=C\C(C)C(C)C(C)C(C)C. The van der Waals surface area contributed by atoms with Gasteiger partial charge in [-0.25, -0.2) is 0 Å². The Labute approximate surface area is 78.1 Å². The van der Waals surface area contributed by atoms with Crippen molar-refractivity contribution in [2.75, 3.05) is 0 Å². The van der Waals surface area contributed by atoms with Crippen LogP contribution in [0.2, 0.25) is 0 Å². The first-order valence-electron chi connectivity index (χ1n) is 5.13. The van der Waals surface area contributed by atoms with E-state index in [0.29, 0.717) is 5.92 Å². The highest BCUT2D eigenvalue weighted by atomic mass is 14.2. The summed E-state index contributed by atoms with van der Waals surface area (Å²) >= 11 is 0. The second-order valence-electron chi connectivity index (χ2n) is 4.35. The molecule has 0 aliphatic rings. The Balaban J connectivity index is 4.08. The molecule has 0 amide bonds. The summed E-state index contributed by atoms with van der Waals surface area (Å²) in [6.07, 6.45) is 4.47. The molecule has 12 heavy (non-hydrogen) atoms. The van der Waals surface area contributed by atoms with Crippen LogP contribution in [0.3, 0.4) is 0 Å². The molecular formula is C12H24. The van der Waals surface area contributed by atoms with E-state index in [4.69, 9.17) is 0 Å². The van der Waals surface area contributed by atoms with Crippen molar-refractivity contribution in [3.63, 3.8) is 0 Å². The predicted molar refractivity (Wildman–Crippen MR) is 57.1 cm³/mol. The smallest absolute Gasteiger partial charge is 0.0234 e. The summed E-state index contributed by atoms with van der Waals surface area (Å²) < 4.78 is 0. The van der Waals surface area contributed by atoms with Gasteiger partial charge in [0.25, 0.3) is 0 Å². The van der Waals surface area contributed by atoms with E-state index in [1.165, 1.54) is 0 Å². The molecular weight excluding hydrogens is 144 g/mol. The molecule has 0 nitrogen and oxygen atoms in total. The van der Waals surface area contributed by atoms with Gasteiger partial charge in [-0.3, -0.25) is 0 Å². The van der Waals surface area contributed by atoms with E-state index in [0.717, 1.165) is 17.8 Å². The van der Waals surface area contributed by atoms with Gasteiger partial charge >= 0.3 is 0 Å². The van der Waals surface area contributed by atoms with Gasteiger partial charge < -0.3 is 0 Å². The molecule has 0 saturated heterocycles. The summed E-state index contributed by atoms with van der Waals surface area (Å²) in [5.74, 6) is 3.12. The van der Waals surface area contributed by atoms with E-state index < -0.39 is 0 Å². The summed E-state index contributed by atoms with van der Waals surface area (Å²) in [6, 6.07) is 0. The van der Waals surface area contributed by atoms with E-state index in [-0.39, 0.29) is 0 Å². The van der Waals surface area contributed by atoms with Gasteiger partial charge in [-0.15, -0.1) is 0 Å². The maximum atomic E-state index is 2.36. The van der Waals surface area contributed by atoms with Gasteiger partial charge in [-0.05, 0) is 30.6 Å². The number of hydrogen-bond donors (Lipinski definition) is 0. The van der Waals surface area contributed by atoms with E-state index in [2.05, 4.69) is 53.7 Å². The molecule has 0 heterocycles. The lowest BCUT2D eigenvalue weighted by Crippen LogP contribution is -2.19. The van der Waals surface area contributed by atoms with Crippen LogP contribution in [0.4, 0.5) is 0 Å². The van der Waals surface area contributed by atoms with Gasteiger partial charge in [0, 0.05) is 0 Å². The Bertz CT molecular complexity index is 133. The summed E-state index contributed by atoms with van der Waals surface area (Å²) in [5, 5.41) is 0. The molecule has 0 fully saturated rings. The normalized spacial score (nSPS) is 19.9. The quantitative estimate of drug-likeness (QED) is 0.554. The van der Waals surface area contributed by atoms with Crippen LogP contribution in [0.25, 0.3) is 0 Å². The number of hydrogen-bond acceptors (Lipinski definition) is 0. The van der Waals surface area contributed by atoms with Crippen molar-refractivity contribution in [1.82, 2.24) is 0 Å². The highest BCUT2D eigenvalue weighted by Gasteiger charge is 2.19. The fourth-order valence-corrected chi connectivity index (χ4v) is 1.56. The molecule has 0 aliphatic heterocycles. The Kier molecular flexibility index (Phi) is 5.28. The Morgan fingerprint density at radius 1 is 0.833 bits per heavy atom. The fourth-order valence-electron chi connectivity index (χ4n) is 1.56. The van der Waals surface area contributed by atoms with Gasteiger partial charge in [-0.2, -0.15) is 0 Å². The highest BCUT2D eigenvalue weighted by molar-refractivity contribution is 4.87. The van der Waals surface area contributed by atoms with Crippen LogP contribution in [-0.4, -0.2) is 0 Å². The molecule has 3 atom stereocenters. The molecule has 0 aromatic rings. The van der Waals surface area contributed by atoms with Crippen LogP contribution in [-0.2, 0) is 0 Å². The molecule has 0 radical (unpaired) electrons. The Hall–Kier alpha value is -0.260. The number of rotatable bonds is 4. The van der Waals surface area contributed by atoms with Crippen LogP contribution in [0.5, 0.6) is 0 Å². The maximum Gasteiger partial charge on any atom is -0.0234 e. The molecule has 72 valence electrons. The van der Waals surface area contributed by atoms with Gasteiger partial charge in [0.2, 0.25) is 0 Å². The lowest BCUT2D eigenvalue weighted by molar-refractivity contribution is 0.251. The summed E-state index contributed by atoms with van der Waals surface area (Å²) in [7, 11) is 0. The molecule has 0 aromatic heterocycles. The molecule has 0 bridgehead atoms. The second kappa shape index (κ2) is 5.40. The first-order chi connectivity index (χ1) is 5.50. The molecule has 0 aromatic carbocycles. The second-order valence-corrected chi connectivity index (χ2v) is 4.35. The monoisotopic (exact) mass is 168 g/mol. The minimum Gasteiger partial charge on any atom is -0.0914 e. The lowest BCUT2D eigenvalue weighted by atomic mass is 9.79. The number of allylic oxidation sites excluding steroid dienone is 2. The zero-order valence-electron chi connectivity index (χ0n) is 9.46. The zero-order valence-corrected chi connectivity index (χ0v) is 9.46. The summed E-state index contributed by atoms with van der Waals surface area (Å²) in [4.78, 5) is 0. The molecule has 0 heteroatoms. The van der Waals surface area contributed by atoms with Crippen molar-refractivity contribution in [3.05, 3.63) is 12.2 Å². The van der Waals surface area contributed by atoms with Crippen LogP contribution < -0.4 is 0 Å². The van der Waals surface area contributed by atoms with Gasteiger partial charge in [0.15, 0.2) is 0 Å². The largest absolute Gasteiger partial charge is 0.0914 e. The van der Waals surface area contributed by atoms with E-state index in [9.17, 15) is 0 Å². The van der Waals surface area contributed by atoms with Crippen molar-refractivity contribution in [3.8, 4) is 0 Å².